The molecule has 0 aliphatic carbocycles. The molecule has 0 aromatic carbocycles. The number of aliphatic carboxylic acids is 1. The minimum Gasteiger partial charge on any atom is -0.481 e. The van der Waals surface area contributed by atoms with E-state index in [0.717, 1.165) is 12.8 Å². The average molecular weight is 334 g/mol. The maximum atomic E-state index is 10.1. The van der Waals surface area contributed by atoms with Crippen LogP contribution in [0, 0.1) is 0 Å². The monoisotopic (exact) mass is 334 g/mol. The summed E-state index contributed by atoms with van der Waals surface area (Å²) >= 11 is 0. The van der Waals surface area contributed by atoms with Crippen molar-refractivity contribution in [3.63, 3.8) is 0 Å². The third-order valence-corrected chi connectivity index (χ3v) is 3.32. The lowest BCUT2D eigenvalue weighted by Gasteiger charge is -2.14. The highest BCUT2D eigenvalue weighted by Crippen LogP contribution is 2.07. The Morgan fingerprint density at radius 3 is 1.96 bits per heavy atom. The topological polar surface area (TPSA) is 76.0 Å². The quantitative estimate of drug-likeness (QED) is 0.469. The molecule has 0 saturated heterocycles. The van der Waals surface area contributed by atoms with E-state index in [0.29, 0.717) is 19.6 Å². The summed E-state index contributed by atoms with van der Waals surface area (Å²) in [6.07, 6.45) is 8.68. The smallest absolute Gasteiger partial charge is 0.303 e. The minimum absolute atomic E-state index is 0.0683. The van der Waals surface area contributed by atoms with Crippen LogP contribution in [0.25, 0.3) is 0 Å². The van der Waals surface area contributed by atoms with E-state index >= 15 is 0 Å². The van der Waals surface area contributed by atoms with Gasteiger partial charge >= 0.3 is 5.97 Å². The first-order valence-corrected chi connectivity index (χ1v) is 9.03. The molecular weight excluding hydrogens is 296 g/mol. The Bertz CT molecular complexity index is 246. The standard InChI is InChI=1S/C10H20O2.C8H18O3/c1-2-3-4-5-6-7-8-9-10(11)12;1-4-10-8(3)6-11-7(2)5-9/h2-9H2,1H3,(H,11,12);7-9H,4-6H2,1-3H3. The van der Waals surface area contributed by atoms with Crippen LogP contribution < -0.4 is 0 Å². The van der Waals surface area contributed by atoms with Crippen molar-refractivity contribution in [2.45, 2.75) is 91.3 Å². The van der Waals surface area contributed by atoms with E-state index in [1.807, 2.05) is 20.8 Å². The molecule has 5 heteroatoms. The Labute approximate surface area is 142 Å². The normalized spacial score (nSPS) is 13.1. The number of carbonyl (C=O) groups is 1. The predicted molar refractivity (Wildman–Crippen MR) is 93.8 cm³/mol. The molecule has 0 heterocycles. The van der Waals surface area contributed by atoms with Gasteiger partial charge in [-0.1, -0.05) is 45.4 Å². The molecule has 5 nitrogen and oxygen atoms in total. The van der Waals surface area contributed by atoms with E-state index < -0.39 is 5.97 Å². The van der Waals surface area contributed by atoms with Crippen LogP contribution in [-0.4, -0.2) is 48.2 Å². The van der Waals surface area contributed by atoms with Crippen LogP contribution in [0.4, 0.5) is 0 Å². The summed E-state index contributed by atoms with van der Waals surface area (Å²) in [4.78, 5) is 10.1. The zero-order chi connectivity index (χ0) is 17.9. The summed E-state index contributed by atoms with van der Waals surface area (Å²) in [7, 11) is 0. The Kier molecular flexibility index (Phi) is 20.7. The molecule has 0 aliphatic heterocycles. The number of hydrogen-bond donors (Lipinski definition) is 2. The van der Waals surface area contributed by atoms with Crippen molar-refractivity contribution < 1.29 is 24.5 Å². The summed E-state index contributed by atoms with van der Waals surface area (Å²) in [5, 5.41) is 17.0. The third kappa shape index (κ3) is 23.7. The van der Waals surface area contributed by atoms with Gasteiger partial charge in [0, 0.05) is 13.0 Å². The fraction of sp³-hybridized carbons (Fsp3) is 0.944. The van der Waals surface area contributed by atoms with Crippen molar-refractivity contribution >= 4 is 5.97 Å². The molecular formula is C18H38O5. The number of hydrogen-bond acceptors (Lipinski definition) is 4. The number of rotatable bonds is 14. The van der Waals surface area contributed by atoms with Gasteiger partial charge < -0.3 is 19.7 Å². The number of aliphatic hydroxyl groups excluding tert-OH is 1. The van der Waals surface area contributed by atoms with Crippen LogP contribution in [0.15, 0.2) is 0 Å². The van der Waals surface area contributed by atoms with Crippen molar-refractivity contribution in [1.82, 2.24) is 0 Å². The van der Waals surface area contributed by atoms with Crippen LogP contribution in [0.5, 0.6) is 0 Å². The molecule has 0 radical (unpaired) electrons. The molecule has 0 spiro atoms. The Morgan fingerprint density at radius 2 is 1.48 bits per heavy atom. The lowest BCUT2D eigenvalue weighted by Crippen LogP contribution is -2.22. The van der Waals surface area contributed by atoms with Gasteiger partial charge in [0.2, 0.25) is 0 Å². The van der Waals surface area contributed by atoms with E-state index in [2.05, 4.69) is 6.92 Å². The largest absolute Gasteiger partial charge is 0.481 e. The number of carboxylic acids is 1. The van der Waals surface area contributed by atoms with E-state index in [4.69, 9.17) is 19.7 Å². The van der Waals surface area contributed by atoms with Crippen molar-refractivity contribution in [1.29, 1.82) is 0 Å². The highest BCUT2D eigenvalue weighted by Gasteiger charge is 2.04. The Hall–Kier alpha value is -0.650. The zero-order valence-corrected chi connectivity index (χ0v) is 15.6. The second-order valence-corrected chi connectivity index (χ2v) is 5.86. The molecule has 2 N–H and O–H groups in total. The Morgan fingerprint density at radius 1 is 0.913 bits per heavy atom. The number of unbranched alkanes of at least 4 members (excludes halogenated alkanes) is 6. The summed E-state index contributed by atoms with van der Waals surface area (Å²) in [5.74, 6) is -0.663. The highest BCUT2D eigenvalue weighted by atomic mass is 16.5. The second kappa shape index (κ2) is 19.4. The van der Waals surface area contributed by atoms with E-state index in [1.54, 1.807) is 0 Å². The van der Waals surface area contributed by atoms with Gasteiger partial charge in [-0.25, -0.2) is 0 Å². The Balaban J connectivity index is 0. The molecule has 2 atom stereocenters. The van der Waals surface area contributed by atoms with Crippen molar-refractivity contribution in [2.75, 3.05) is 19.8 Å². The van der Waals surface area contributed by atoms with Crippen molar-refractivity contribution in [3.8, 4) is 0 Å². The van der Waals surface area contributed by atoms with E-state index in [1.165, 1.54) is 32.1 Å². The van der Waals surface area contributed by atoms with Gasteiger partial charge in [-0.15, -0.1) is 0 Å². The molecule has 0 amide bonds. The fourth-order valence-electron chi connectivity index (χ4n) is 1.92. The van der Waals surface area contributed by atoms with Gasteiger partial charge in [0.15, 0.2) is 0 Å². The minimum atomic E-state index is -0.663. The maximum Gasteiger partial charge on any atom is 0.303 e. The van der Waals surface area contributed by atoms with Gasteiger partial charge in [-0.05, 0) is 27.2 Å². The van der Waals surface area contributed by atoms with Gasteiger partial charge in [0.1, 0.15) is 0 Å². The van der Waals surface area contributed by atoms with E-state index in [9.17, 15) is 4.79 Å². The van der Waals surface area contributed by atoms with Crippen LogP contribution >= 0.6 is 0 Å². The first-order chi connectivity index (χ1) is 11.0. The molecule has 0 fully saturated rings. The van der Waals surface area contributed by atoms with Crippen molar-refractivity contribution in [3.05, 3.63) is 0 Å². The summed E-state index contributed by atoms with van der Waals surface area (Å²) in [6.45, 7) is 9.26. The second-order valence-electron chi connectivity index (χ2n) is 5.86. The molecule has 0 bridgehead atoms. The molecule has 0 aromatic heterocycles. The van der Waals surface area contributed by atoms with Gasteiger partial charge in [0.25, 0.3) is 0 Å². The van der Waals surface area contributed by atoms with Crippen LogP contribution in [0.2, 0.25) is 0 Å². The zero-order valence-electron chi connectivity index (χ0n) is 15.6. The molecule has 140 valence electrons. The highest BCUT2D eigenvalue weighted by molar-refractivity contribution is 5.66. The summed E-state index contributed by atoms with van der Waals surface area (Å²) in [5.41, 5.74) is 0. The first kappa shape index (κ1) is 24.6. The predicted octanol–water partition coefficient (Wildman–Crippen LogP) is 4.02. The maximum absolute atomic E-state index is 10.1. The fourth-order valence-corrected chi connectivity index (χ4v) is 1.92. The molecule has 0 rings (SSSR count). The molecule has 23 heavy (non-hydrogen) atoms. The SMILES string of the molecule is CCCCCCCCCC(=O)O.CCOC(C)COC(C)CO. The number of carboxylic acid groups (broad SMARTS) is 1. The molecule has 2 unspecified atom stereocenters. The molecule has 0 aliphatic rings. The number of aliphatic hydroxyl groups is 1. The molecule has 0 aromatic rings. The lowest BCUT2D eigenvalue weighted by atomic mass is 10.1. The van der Waals surface area contributed by atoms with Gasteiger partial charge in [-0.3, -0.25) is 4.79 Å². The number of ether oxygens (including phenoxy) is 2. The van der Waals surface area contributed by atoms with E-state index in [-0.39, 0.29) is 18.8 Å². The van der Waals surface area contributed by atoms with Gasteiger partial charge in [-0.2, -0.15) is 0 Å². The van der Waals surface area contributed by atoms with Crippen LogP contribution in [-0.2, 0) is 14.3 Å². The van der Waals surface area contributed by atoms with Gasteiger partial charge in [0.05, 0.1) is 25.4 Å². The third-order valence-electron chi connectivity index (χ3n) is 3.32. The van der Waals surface area contributed by atoms with Crippen molar-refractivity contribution in [2.24, 2.45) is 0 Å². The molecule has 0 saturated carbocycles. The van der Waals surface area contributed by atoms with Crippen LogP contribution in [0.1, 0.15) is 79.1 Å². The average Bonchev–Trinajstić information content (AvgIpc) is 2.52. The first-order valence-electron chi connectivity index (χ1n) is 9.03. The summed E-state index contributed by atoms with van der Waals surface area (Å²) in [6, 6.07) is 0. The summed E-state index contributed by atoms with van der Waals surface area (Å²) < 4.78 is 10.5. The van der Waals surface area contributed by atoms with Crippen LogP contribution in [0.3, 0.4) is 0 Å². The lowest BCUT2D eigenvalue weighted by molar-refractivity contribution is -0.137.